The summed E-state index contributed by atoms with van der Waals surface area (Å²) < 4.78 is 5.17. The number of aryl methyl sites for hydroxylation is 1. The Morgan fingerprint density at radius 2 is 1.82 bits per heavy atom. The molecule has 28 heavy (non-hydrogen) atoms. The number of hydrogen-bond acceptors (Lipinski definition) is 3. The van der Waals surface area contributed by atoms with E-state index in [4.69, 9.17) is 4.74 Å². The summed E-state index contributed by atoms with van der Waals surface area (Å²) >= 11 is 1.72. The molecule has 4 nitrogen and oxygen atoms in total. The van der Waals surface area contributed by atoms with Crippen LogP contribution in [0.25, 0.3) is 0 Å². The highest BCUT2D eigenvalue weighted by Gasteiger charge is 2.25. The third-order valence-corrected chi connectivity index (χ3v) is 5.76. The monoisotopic (exact) mass is 395 g/mol. The molecule has 1 aromatic heterocycles. The van der Waals surface area contributed by atoms with Crippen molar-refractivity contribution in [2.45, 2.75) is 32.5 Å². The Morgan fingerprint density at radius 3 is 2.43 bits per heavy atom. The lowest BCUT2D eigenvalue weighted by Gasteiger charge is -2.19. The minimum Gasteiger partial charge on any atom is -0.497 e. The van der Waals surface area contributed by atoms with E-state index in [9.17, 15) is 4.79 Å². The number of carbonyl (C=O) groups is 1. The molecule has 0 saturated heterocycles. The molecule has 0 aliphatic rings. The maximum atomic E-state index is 12.7. The smallest absolute Gasteiger partial charge is 0.278 e. The van der Waals surface area contributed by atoms with E-state index in [0.717, 1.165) is 11.3 Å². The third-order valence-electron chi connectivity index (χ3n) is 4.81. The highest BCUT2D eigenvalue weighted by Crippen LogP contribution is 2.23. The van der Waals surface area contributed by atoms with E-state index >= 15 is 0 Å². The molecule has 0 fully saturated rings. The van der Waals surface area contributed by atoms with Crippen molar-refractivity contribution in [2.24, 2.45) is 0 Å². The van der Waals surface area contributed by atoms with Crippen LogP contribution in [0.3, 0.4) is 0 Å². The number of thiophene rings is 1. The second kappa shape index (κ2) is 9.53. The molecule has 0 aliphatic carbocycles. The Balaban J connectivity index is 1.64. The molecule has 146 valence electrons. The van der Waals surface area contributed by atoms with Gasteiger partial charge in [0.05, 0.1) is 12.0 Å². The first-order valence-corrected chi connectivity index (χ1v) is 10.3. The molecule has 3 N–H and O–H groups in total. The summed E-state index contributed by atoms with van der Waals surface area (Å²) in [5.41, 5.74) is 3.50. The predicted molar refractivity (Wildman–Crippen MR) is 114 cm³/mol. The van der Waals surface area contributed by atoms with Crippen molar-refractivity contribution in [1.82, 2.24) is 5.32 Å². The molecule has 0 radical (unpaired) electrons. The van der Waals surface area contributed by atoms with E-state index in [-0.39, 0.29) is 18.0 Å². The van der Waals surface area contributed by atoms with Crippen LogP contribution in [0, 0.1) is 6.92 Å². The van der Waals surface area contributed by atoms with E-state index in [0.29, 0.717) is 6.54 Å². The average molecular weight is 396 g/mol. The van der Waals surface area contributed by atoms with Gasteiger partial charge in [0.15, 0.2) is 6.04 Å². The van der Waals surface area contributed by atoms with Crippen molar-refractivity contribution < 1.29 is 14.8 Å². The van der Waals surface area contributed by atoms with Crippen LogP contribution in [0.15, 0.2) is 66.0 Å². The standard InChI is InChI=1S/C23H26N2O2S/c1-16-6-10-19(11-7-16)22(21-5-4-14-28-21)25-17(2)23(26)24-15-18-8-12-20(27-3)13-9-18/h4-14,17,22,25H,15H2,1-3H3,(H,24,26)/p+1/t17-,22-/m0/s1. The average Bonchev–Trinajstić information content (AvgIpc) is 3.25. The van der Waals surface area contributed by atoms with Gasteiger partial charge in [0.2, 0.25) is 0 Å². The second-order valence-corrected chi connectivity index (χ2v) is 7.93. The lowest BCUT2D eigenvalue weighted by atomic mass is 10.0. The minimum atomic E-state index is -0.202. The van der Waals surface area contributed by atoms with Crippen molar-refractivity contribution in [3.63, 3.8) is 0 Å². The highest BCUT2D eigenvalue weighted by molar-refractivity contribution is 7.10. The maximum absolute atomic E-state index is 12.7. The molecule has 0 saturated carbocycles. The lowest BCUT2D eigenvalue weighted by molar-refractivity contribution is -0.704. The van der Waals surface area contributed by atoms with Crippen LogP contribution in [0.2, 0.25) is 0 Å². The van der Waals surface area contributed by atoms with E-state index in [2.05, 4.69) is 59.3 Å². The Morgan fingerprint density at radius 1 is 1.11 bits per heavy atom. The molecule has 1 heterocycles. The summed E-state index contributed by atoms with van der Waals surface area (Å²) in [5, 5.41) is 7.26. The molecule has 1 amide bonds. The molecule has 0 bridgehead atoms. The SMILES string of the molecule is COc1ccc(CNC(=O)[C@H](C)[NH2+][C@@H](c2ccc(C)cc2)c2cccs2)cc1. The fraction of sp³-hybridized carbons (Fsp3) is 0.261. The topological polar surface area (TPSA) is 54.9 Å². The fourth-order valence-electron chi connectivity index (χ4n) is 3.08. The van der Waals surface area contributed by atoms with E-state index in [1.807, 2.05) is 31.2 Å². The van der Waals surface area contributed by atoms with Gasteiger partial charge in [-0.25, -0.2) is 0 Å². The molecule has 2 atom stereocenters. The van der Waals surface area contributed by atoms with Crippen molar-refractivity contribution >= 4 is 17.2 Å². The molecule has 0 spiro atoms. The molecular weight excluding hydrogens is 368 g/mol. The van der Waals surface area contributed by atoms with Crippen molar-refractivity contribution in [3.05, 3.63) is 87.6 Å². The lowest BCUT2D eigenvalue weighted by Crippen LogP contribution is -2.92. The summed E-state index contributed by atoms with van der Waals surface area (Å²) in [6, 6.07) is 20.4. The van der Waals surface area contributed by atoms with Gasteiger partial charge in [0.25, 0.3) is 5.91 Å². The van der Waals surface area contributed by atoms with Crippen molar-refractivity contribution in [2.75, 3.05) is 7.11 Å². The summed E-state index contributed by atoms with van der Waals surface area (Å²) in [7, 11) is 1.65. The number of carbonyl (C=O) groups excluding carboxylic acids is 1. The predicted octanol–water partition coefficient (Wildman–Crippen LogP) is 3.42. The van der Waals surface area contributed by atoms with Gasteiger partial charge < -0.3 is 15.4 Å². The van der Waals surface area contributed by atoms with Crippen LogP contribution in [0.1, 0.15) is 34.5 Å². The molecule has 2 aromatic carbocycles. The maximum Gasteiger partial charge on any atom is 0.278 e. The number of ether oxygens (including phenoxy) is 1. The molecule has 0 unspecified atom stereocenters. The fourth-order valence-corrected chi connectivity index (χ4v) is 3.91. The first-order chi connectivity index (χ1) is 13.6. The number of benzene rings is 2. The van der Waals surface area contributed by atoms with Gasteiger partial charge in [0.1, 0.15) is 11.8 Å². The molecule has 5 heteroatoms. The summed E-state index contributed by atoms with van der Waals surface area (Å²) in [5.74, 6) is 0.846. The van der Waals surface area contributed by atoms with Crippen LogP contribution in [-0.2, 0) is 11.3 Å². The quantitative estimate of drug-likeness (QED) is 0.614. The highest BCUT2D eigenvalue weighted by atomic mass is 32.1. The number of nitrogens with one attached hydrogen (secondary N) is 1. The van der Waals surface area contributed by atoms with Gasteiger partial charge in [-0.3, -0.25) is 4.79 Å². The molecule has 3 rings (SSSR count). The zero-order valence-corrected chi connectivity index (χ0v) is 17.3. The van der Waals surface area contributed by atoms with Crippen LogP contribution < -0.4 is 15.4 Å². The molecular formula is C23H27N2O2S+. The van der Waals surface area contributed by atoms with E-state index < -0.39 is 0 Å². The first kappa shape index (κ1) is 20.1. The zero-order valence-electron chi connectivity index (χ0n) is 16.5. The number of nitrogens with two attached hydrogens (primary N) is 1. The summed E-state index contributed by atoms with van der Waals surface area (Å²) in [6.07, 6.45) is 0. The van der Waals surface area contributed by atoms with Gasteiger partial charge in [-0.1, -0.05) is 48.0 Å². The Labute approximate surface area is 170 Å². The second-order valence-electron chi connectivity index (χ2n) is 6.95. The zero-order chi connectivity index (χ0) is 19.9. The minimum absolute atomic E-state index is 0.0319. The van der Waals surface area contributed by atoms with Crippen LogP contribution in [0.4, 0.5) is 0 Å². The van der Waals surface area contributed by atoms with Crippen LogP contribution in [-0.4, -0.2) is 19.1 Å². The number of hydrogen-bond donors (Lipinski definition) is 2. The van der Waals surface area contributed by atoms with Gasteiger partial charge in [0, 0.05) is 12.1 Å². The van der Waals surface area contributed by atoms with Gasteiger partial charge in [-0.05, 0) is 43.0 Å². The van der Waals surface area contributed by atoms with Crippen LogP contribution >= 0.6 is 11.3 Å². The van der Waals surface area contributed by atoms with Gasteiger partial charge in [-0.2, -0.15) is 0 Å². The van der Waals surface area contributed by atoms with E-state index in [1.54, 1.807) is 18.4 Å². The Kier molecular flexibility index (Phi) is 6.85. The normalized spacial score (nSPS) is 13.0. The summed E-state index contributed by atoms with van der Waals surface area (Å²) in [4.78, 5) is 13.9. The number of quaternary nitrogens is 1. The largest absolute Gasteiger partial charge is 0.497 e. The Hall–Kier alpha value is -2.63. The first-order valence-electron chi connectivity index (χ1n) is 9.42. The molecule has 0 aliphatic heterocycles. The van der Waals surface area contributed by atoms with Gasteiger partial charge >= 0.3 is 0 Å². The van der Waals surface area contributed by atoms with Crippen LogP contribution in [0.5, 0.6) is 5.75 Å². The number of rotatable bonds is 8. The van der Waals surface area contributed by atoms with Crippen molar-refractivity contribution in [3.8, 4) is 5.75 Å². The molecule has 3 aromatic rings. The third kappa shape index (κ3) is 5.21. The summed E-state index contributed by atoms with van der Waals surface area (Å²) in [6.45, 7) is 4.55. The van der Waals surface area contributed by atoms with E-state index in [1.165, 1.54) is 16.0 Å². The number of methoxy groups -OCH3 is 1. The number of amides is 1. The van der Waals surface area contributed by atoms with Gasteiger partial charge in [-0.15, -0.1) is 11.3 Å². The Bertz CT molecular complexity index is 874. The van der Waals surface area contributed by atoms with Crippen molar-refractivity contribution in [1.29, 1.82) is 0 Å².